The van der Waals surface area contributed by atoms with Crippen molar-refractivity contribution in [3.8, 4) is 0 Å². The summed E-state index contributed by atoms with van der Waals surface area (Å²) in [5, 5.41) is 3.43. The molecule has 21 heavy (non-hydrogen) atoms. The molecule has 0 spiro atoms. The van der Waals surface area contributed by atoms with Gasteiger partial charge in [0.15, 0.2) is 0 Å². The summed E-state index contributed by atoms with van der Waals surface area (Å²) in [5.74, 6) is 0.537. The Balaban J connectivity index is 2.31. The molecule has 0 saturated heterocycles. The van der Waals surface area contributed by atoms with E-state index in [2.05, 4.69) is 17.0 Å². The molecule has 0 radical (unpaired) electrons. The van der Waals surface area contributed by atoms with E-state index >= 15 is 0 Å². The summed E-state index contributed by atoms with van der Waals surface area (Å²) in [6.07, 6.45) is 5.95. The molecule has 2 atom stereocenters. The molecule has 1 fully saturated rings. The zero-order chi connectivity index (χ0) is 15.5. The van der Waals surface area contributed by atoms with E-state index < -0.39 is 10.0 Å². The van der Waals surface area contributed by atoms with Gasteiger partial charge in [-0.1, -0.05) is 26.2 Å². The van der Waals surface area contributed by atoms with Crippen molar-refractivity contribution in [3.05, 3.63) is 18.2 Å². The highest BCUT2D eigenvalue weighted by Crippen LogP contribution is 2.29. The average molecular weight is 311 g/mol. The molecule has 1 saturated carbocycles. The molecule has 4 N–H and O–H groups in total. The highest BCUT2D eigenvalue weighted by atomic mass is 32.2. The summed E-state index contributed by atoms with van der Waals surface area (Å²) < 4.78 is 26.7. The Hall–Kier alpha value is -1.27. The second-order valence-corrected chi connectivity index (χ2v) is 7.68. The van der Waals surface area contributed by atoms with Crippen molar-refractivity contribution in [2.45, 2.75) is 50.0 Å². The van der Waals surface area contributed by atoms with Crippen LogP contribution in [0.3, 0.4) is 0 Å². The van der Waals surface area contributed by atoms with E-state index in [1.54, 1.807) is 12.1 Å². The lowest BCUT2D eigenvalue weighted by molar-refractivity contribution is 0.456. The molecule has 0 heterocycles. The number of hydrogen-bond donors (Lipinski definition) is 3. The Morgan fingerprint density at radius 1 is 1.19 bits per heavy atom. The fourth-order valence-corrected chi connectivity index (χ4v) is 3.83. The van der Waals surface area contributed by atoms with Gasteiger partial charge in [0, 0.05) is 11.7 Å². The number of nitrogens with two attached hydrogens (primary N) is 1. The van der Waals surface area contributed by atoms with Crippen LogP contribution in [0, 0.1) is 5.92 Å². The van der Waals surface area contributed by atoms with Crippen molar-refractivity contribution >= 4 is 21.4 Å². The van der Waals surface area contributed by atoms with Gasteiger partial charge in [-0.3, -0.25) is 0 Å². The predicted molar refractivity (Wildman–Crippen MR) is 86.8 cm³/mol. The van der Waals surface area contributed by atoms with Gasteiger partial charge in [0.05, 0.1) is 5.69 Å². The van der Waals surface area contributed by atoms with Crippen LogP contribution in [0.15, 0.2) is 23.1 Å². The van der Waals surface area contributed by atoms with Gasteiger partial charge in [0.2, 0.25) is 10.0 Å². The van der Waals surface area contributed by atoms with E-state index in [1.807, 2.05) is 0 Å². The van der Waals surface area contributed by atoms with Gasteiger partial charge in [-0.2, -0.15) is 0 Å². The van der Waals surface area contributed by atoms with Crippen molar-refractivity contribution in [3.63, 3.8) is 0 Å². The minimum atomic E-state index is -3.52. The van der Waals surface area contributed by atoms with Crippen LogP contribution in [0.1, 0.15) is 39.0 Å². The third-order valence-electron chi connectivity index (χ3n) is 4.27. The fourth-order valence-electron chi connectivity index (χ4n) is 2.90. The standard InChI is InChI=1S/C15H25N3O2S/c1-11-6-4-3-5-7-13(11)18-14-9-8-12(16)10-15(14)21(19,20)17-2/h8-11,13,17-18H,3-7,16H2,1-2H3. The monoisotopic (exact) mass is 311 g/mol. The van der Waals surface area contributed by atoms with E-state index in [9.17, 15) is 8.42 Å². The fraction of sp³-hybridized carbons (Fsp3) is 0.600. The smallest absolute Gasteiger partial charge is 0.242 e. The van der Waals surface area contributed by atoms with Gasteiger partial charge in [0.25, 0.3) is 0 Å². The van der Waals surface area contributed by atoms with E-state index in [0.717, 1.165) is 6.42 Å². The number of rotatable bonds is 4. The van der Waals surface area contributed by atoms with E-state index in [1.165, 1.54) is 38.8 Å². The number of nitrogens with one attached hydrogen (secondary N) is 2. The molecule has 1 aromatic carbocycles. The highest BCUT2D eigenvalue weighted by molar-refractivity contribution is 7.89. The van der Waals surface area contributed by atoms with Crippen molar-refractivity contribution in [2.75, 3.05) is 18.1 Å². The molecule has 0 bridgehead atoms. The van der Waals surface area contributed by atoms with Crippen LogP contribution < -0.4 is 15.8 Å². The van der Waals surface area contributed by atoms with Crippen molar-refractivity contribution in [2.24, 2.45) is 5.92 Å². The Labute approximate surface area is 127 Å². The lowest BCUT2D eigenvalue weighted by atomic mass is 9.96. The molecule has 1 aliphatic carbocycles. The van der Waals surface area contributed by atoms with Crippen LogP contribution >= 0.6 is 0 Å². The van der Waals surface area contributed by atoms with E-state index in [-0.39, 0.29) is 4.90 Å². The molecule has 118 valence electrons. The van der Waals surface area contributed by atoms with Gasteiger partial charge in [-0.15, -0.1) is 0 Å². The highest BCUT2D eigenvalue weighted by Gasteiger charge is 2.23. The van der Waals surface area contributed by atoms with Crippen LogP contribution in [0.5, 0.6) is 0 Å². The van der Waals surface area contributed by atoms with Crippen molar-refractivity contribution in [1.82, 2.24) is 4.72 Å². The number of anilines is 2. The summed E-state index contributed by atoms with van der Waals surface area (Å²) in [4.78, 5) is 0.224. The topological polar surface area (TPSA) is 84.2 Å². The van der Waals surface area contributed by atoms with Crippen LogP contribution in [0.25, 0.3) is 0 Å². The first-order valence-corrected chi connectivity index (χ1v) is 9.02. The second-order valence-electron chi connectivity index (χ2n) is 5.83. The average Bonchev–Trinajstić information content (AvgIpc) is 2.66. The molecular formula is C15H25N3O2S. The first-order chi connectivity index (χ1) is 9.94. The first kappa shape index (κ1) is 16.1. The largest absolute Gasteiger partial charge is 0.399 e. The normalized spacial score (nSPS) is 23.5. The Morgan fingerprint density at radius 3 is 2.62 bits per heavy atom. The molecular weight excluding hydrogens is 286 g/mol. The summed E-state index contributed by atoms with van der Waals surface area (Å²) in [6.45, 7) is 2.23. The Kier molecular flexibility index (Phi) is 5.11. The minimum Gasteiger partial charge on any atom is -0.399 e. The molecule has 0 aliphatic heterocycles. The lowest BCUT2D eigenvalue weighted by Gasteiger charge is -2.25. The van der Waals surface area contributed by atoms with Gasteiger partial charge in [0.1, 0.15) is 4.90 Å². The number of benzene rings is 1. The summed E-state index contributed by atoms with van der Waals surface area (Å²) in [6, 6.07) is 5.31. The summed E-state index contributed by atoms with van der Waals surface area (Å²) in [5.41, 5.74) is 6.83. The molecule has 1 aliphatic rings. The third kappa shape index (κ3) is 3.89. The maximum Gasteiger partial charge on any atom is 0.242 e. The first-order valence-electron chi connectivity index (χ1n) is 7.53. The molecule has 2 rings (SSSR count). The minimum absolute atomic E-state index is 0.224. The zero-order valence-corrected chi connectivity index (χ0v) is 13.5. The SMILES string of the molecule is CNS(=O)(=O)c1cc(N)ccc1NC1CCCCCC1C. The second kappa shape index (κ2) is 6.66. The third-order valence-corrected chi connectivity index (χ3v) is 5.72. The van der Waals surface area contributed by atoms with Crippen LogP contribution in [-0.2, 0) is 10.0 Å². The molecule has 2 unspecified atom stereocenters. The quantitative estimate of drug-likeness (QED) is 0.589. The van der Waals surface area contributed by atoms with Crippen LogP contribution in [0.4, 0.5) is 11.4 Å². The number of hydrogen-bond acceptors (Lipinski definition) is 4. The van der Waals surface area contributed by atoms with E-state index in [4.69, 9.17) is 5.73 Å². The Bertz CT molecular complexity index is 587. The maximum atomic E-state index is 12.2. The van der Waals surface area contributed by atoms with Gasteiger partial charge in [-0.05, 0) is 44.0 Å². The van der Waals surface area contributed by atoms with Crippen molar-refractivity contribution in [1.29, 1.82) is 0 Å². The molecule has 6 heteroatoms. The molecule has 5 nitrogen and oxygen atoms in total. The van der Waals surface area contributed by atoms with Gasteiger partial charge >= 0.3 is 0 Å². The van der Waals surface area contributed by atoms with E-state index in [0.29, 0.717) is 23.3 Å². The van der Waals surface area contributed by atoms with Gasteiger partial charge < -0.3 is 11.1 Å². The van der Waals surface area contributed by atoms with Crippen LogP contribution in [-0.4, -0.2) is 21.5 Å². The number of nitrogen functional groups attached to an aromatic ring is 1. The molecule has 1 aromatic rings. The molecule has 0 aromatic heterocycles. The van der Waals surface area contributed by atoms with Gasteiger partial charge in [-0.25, -0.2) is 13.1 Å². The Morgan fingerprint density at radius 2 is 1.90 bits per heavy atom. The summed E-state index contributed by atoms with van der Waals surface area (Å²) in [7, 11) is -2.11. The zero-order valence-electron chi connectivity index (χ0n) is 12.7. The van der Waals surface area contributed by atoms with Crippen LogP contribution in [0.2, 0.25) is 0 Å². The van der Waals surface area contributed by atoms with Crippen molar-refractivity contribution < 1.29 is 8.42 Å². The maximum absolute atomic E-state index is 12.2. The lowest BCUT2D eigenvalue weighted by Crippen LogP contribution is -2.28. The predicted octanol–water partition coefficient (Wildman–Crippen LogP) is 2.56. The summed E-state index contributed by atoms with van der Waals surface area (Å²) >= 11 is 0. The number of sulfonamides is 1. The molecule has 0 amide bonds.